The summed E-state index contributed by atoms with van der Waals surface area (Å²) in [6.45, 7) is 0. The maximum Gasteiger partial charge on any atom is 0.263 e. The average Bonchev–Trinajstić information content (AvgIpc) is 1.97. The summed E-state index contributed by atoms with van der Waals surface area (Å²) in [5.74, 6) is -2.47. The number of hydrogen-bond acceptors (Lipinski definition) is 2. The van der Waals surface area contributed by atoms with Crippen molar-refractivity contribution < 1.29 is 17.2 Å². The van der Waals surface area contributed by atoms with E-state index in [9.17, 15) is 17.2 Å². The second-order valence-electron chi connectivity index (χ2n) is 2.24. The van der Waals surface area contributed by atoms with Gasteiger partial charge in [0.25, 0.3) is 9.05 Å². The monoisotopic (exact) mass is 368 g/mol. The Morgan fingerprint density at radius 2 is 1.79 bits per heavy atom. The molecular weight excluding hydrogens is 369 g/mol. The molecule has 0 bridgehead atoms. The molecule has 0 aliphatic carbocycles. The van der Waals surface area contributed by atoms with Crippen molar-refractivity contribution in [2.45, 2.75) is 4.90 Å². The minimum atomic E-state index is -4.13. The Bertz CT molecular complexity index is 489. The Morgan fingerprint density at radius 3 is 2.21 bits per heavy atom. The van der Waals surface area contributed by atoms with Gasteiger partial charge in [-0.2, -0.15) is 0 Å². The normalized spacial score (nSPS) is 11.8. The third kappa shape index (κ3) is 2.26. The highest BCUT2D eigenvalue weighted by Crippen LogP contribution is 2.35. The minimum Gasteiger partial charge on any atom is -0.207 e. The zero-order valence-electron chi connectivity index (χ0n) is 6.19. The van der Waals surface area contributed by atoms with Crippen molar-refractivity contribution in [3.63, 3.8) is 0 Å². The van der Waals surface area contributed by atoms with Crippen LogP contribution in [0.5, 0.6) is 0 Å². The van der Waals surface area contributed by atoms with Crippen LogP contribution in [0.2, 0.25) is 0 Å². The van der Waals surface area contributed by atoms with Gasteiger partial charge in [0.1, 0.15) is 4.90 Å². The predicted octanol–water partition coefficient (Wildman–Crippen LogP) is 3.42. The zero-order chi connectivity index (χ0) is 11.1. The molecule has 2 nitrogen and oxygen atoms in total. The zero-order valence-corrected chi connectivity index (χ0v) is 10.9. The first-order valence-corrected chi connectivity index (χ1v) is 6.92. The second kappa shape index (κ2) is 4.03. The number of hydrogen-bond donors (Lipinski definition) is 0. The van der Waals surface area contributed by atoms with Gasteiger partial charge in [-0.3, -0.25) is 0 Å². The Labute approximate surface area is 99.9 Å². The lowest BCUT2D eigenvalue weighted by molar-refractivity contribution is 0.498. The van der Waals surface area contributed by atoms with E-state index in [4.69, 9.17) is 10.7 Å². The molecule has 0 aliphatic heterocycles. The van der Waals surface area contributed by atoms with Gasteiger partial charge in [0, 0.05) is 15.2 Å². The van der Waals surface area contributed by atoms with Crippen LogP contribution >= 0.6 is 42.5 Å². The van der Waals surface area contributed by atoms with E-state index in [0.717, 1.165) is 0 Å². The largest absolute Gasteiger partial charge is 0.263 e. The molecule has 0 N–H and O–H groups in total. The second-order valence-corrected chi connectivity index (χ2v) is 6.39. The SMILES string of the molecule is O=S(=O)(Cl)c1c(Br)cc(F)c(F)c1Br. The van der Waals surface area contributed by atoms with E-state index in [-0.39, 0.29) is 4.47 Å². The first kappa shape index (κ1) is 12.4. The van der Waals surface area contributed by atoms with Crippen molar-refractivity contribution in [1.29, 1.82) is 0 Å². The Kier molecular flexibility index (Phi) is 3.56. The standard InChI is InChI=1S/C6HBr2ClF2O2S/c7-2-1-3(10)5(11)4(8)6(2)14(9,12)13/h1H. The Balaban J connectivity index is 3.70. The average molecular weight is 370 g/mol. The third-order valence-electron chi connectivity index (χ3n) is 1.32. The molecule has 0 saturated heterocycles. The molecule has 8 heteroatoms. The topological polar surface area (TPSA) is 34.1 Å². The van der Waals surface area contributed by atoms with Crippen molar-refractivity contribution in [1.82, 2.24) is 0 Å². The molecule has 0 atom stereocenters. The quantitative estimate of drug-likeness (QED) is 0.431. The maximum atomic E-state index is 12.9. The van der Waals surface area contributed by atoms with Crippen molar-refractivity contribution in [2.24, 2.45) is 0 Å². The molecule has 0 fully saturated rings. The van der Waals surface area contributed by atoms with E-state index < -0.39 is 30.1 Å². The molecule has 1 rings (SSSR count). The highest BCUT2D eigenvalue weighted by Gasteiger charge is 2.24. The van der Waals surface area contributed by atoms with Gasteiger partial charge in [0.2, 0.25) is 0 Å². The summed E-state index contributed by atoms with van der Waals surface area (Å²) in [6, 6.07) is 0.690. The minimum absolute atomic E-state index is 0.140. The van der Waals surface area contributed by atoms with Crippen molar-refractivity contribution in [2.75, 3.05) is 0 Å². The van der Waals surface area contributed by atoms with Gasteiger partial charge in [-0.25, -0.2) is 17.2 Å². The molecule has 0 amide bonds. The van der Waals surface area contributed by atoms with Crippen LogP contribution in [-0.4, -0.2) is 8.42 Å². The fourth-order valence-corrected chi connectivity index (χ4v) is 4.76. The number of benzene rings is 1. The maximum absolute atomic E-state index is 12.9. The highest BCUT2D eigenvalue weighted by atomic mass is 79.9. The third-order valence-corrected chi connectivity index (χ3v) is 4.59. The van der Waals surface area contributed by atoms with E-state index in [0.29, 0.717) is 6.07 Å². The molecule has 0 aliphatic rings. The summed E-state index contributed by atoms with van der Waals surface area (Å²) >= 11 is 5.38. The molecule has 0 radical (unpaired) electrons. The molecule has 78 valence electrons. The van der Waals surface area contributed by atoms with Crippen molar-refractivity contribution in [3.05, 3.63) is 26.6 Å². The molecule has 0 saturated carbocycles. The lowest BCUT2D eigenvalue weighted by Gasteiger charge is -2.05. The van der Waals surface area contributed by atoms with E-state index in [1.54, 1.807) is 0 Å². The van der Waals surface area contributed by atoms with Crippen LogP contribution in [0.25, 0.3) is 0 Å². The smallest absolute Gasteiger partial charge is 0.207 e. The Hall–Kier alpha value is 0.280. The summed E-state index contributed by atoms with van der Waals surface area (Å²) < 4.78 is 46.9. The summed E-state index contributed by atoms with van der Waals surface area (Å²) in [5, 5.41) is 0. The molecule has 1 aromatic rings. The van der Waals surface area contributed by atoms with Crippen LogP contribution in [0.15, 0.2) is 19.9 Å². The summed E-state index contributed by atoms with van der Waals surface area (Å²) in [5.41, 5.74) is 0. The van der Waals surface area contributed by atoms with Gasteiger partial charge >= 0.3 is 0 Å². The van der Waals surface area contributed by atoms with Crippen LogP contribution in [-0.2, 0) is 9.05 Å². The molecule has 1 aromatic carbocycles. The van der Waals surface area contributed by atoms with Gasteiger partial charge in [0.05, 0.1) is 4.47 Å². The van der Waals surface area contributed by atoms with Gasteiger partial charge in [-0.1, -0.05) is 0 Å². The Morgan fingerprint density at radius 1 is 1.29 bits per heavy atom. The summed E-state index contributed by atoms with van der Waals surface area (Å²) in [7, 11) is 0.885. The first-order valence-electron chi connectivity index (χ1n) is 3.03. The van der Waals surface area contributed by atoms with Gasteiger partial charge in [-0.15, -0.1) is 0 Å². The van der Waals surface area contributed by atoms with Gasteiger partial charge in [0.15, 0.2) is 11.6 Å². The van der Waals surface area contributed by atoms with E-state index in [1.165, 1.54) is 0 Å². The molecule has 0 aromatic heterocycles. The van der Waals surface area contributed by atoms with Crippen LogP contribution in [0.3, 0.4) is 0 Å². The summed E-state index contributed by atoms with van der Waals surface area (Å²) in [6.07, 6.45) is 0. The van der Waals surface area contributed by atoms with Crippen LogP contribution in [0.1, 0.15) is 0 Å². The van der Waals surface area contributed by atoms with Crippen molar-refractivity contribution >= 4 is 51.6 Å². The molecule has 0 unspecified atom stereocenters. The van der Waals surface area contributed by atoms with Crippen LogP contribution < -0.4 is 0 Å². The van der Waals surface area contributed by atoms with Gasteiger partial charge < -0.3 is 0 Å². The lowest BCUT2D eigenvalue weighted by Crippen LogP contribution is -1.98. The lowest BCUT2D eigenvalue weighted by atomic mass is 10.3. The van der Waals surface area contributed by atoms with Gasteiger partial charge in [-0.05, 0) is 37.9 Å². The van der Waals surface area contributed by atoms with Crippen molar-refractivity contribution in [3.8, 4) is 0 Å². The number of rotatable bonds is 1. The van der Waals surface area contributed by atoms with Crippen LogP contribution in [0, 0.1) is 11.6 Å². The molecule has 0 spiro atoms. The number of halogens is 5. The fourth-order valence-electron chi connectivity index (χ4n) is 0.773. The van der Waals surface area contributed by atoms with E-state index in [2.05, 4.69) is 31.9 Å². The molecule has 0 heterocycles. The molecule has 14 heavy (non-hydrogen) atoms. The van der Waals surface area contributed by atoms with Crippen LogP contribution in [0.4, 0.5) is 8.78 Å². The summed E-state index contributed by atoms with van der Waals surface area (Å²) in [4.78, 5) is -0.530. The van der Waals surface area contributed by atoms with E-state index >= 15 is 0 Å². The molecular formula is C6HBr2ClF2O2S. The fraction of sp³-hybridized carbons (Fsp3) is 0. The predicted molar refractivity (Wildman–Crippen MR) is 54.8 cm³/mol. The highest BCUT2D eigenvalue weighted by molar-refractivity contribution is 9.11. The first-order chi connectivity index (χ1) is 6.25. The van der Waals surface area contributed by atoms with E-state index in [1.807, 2.05) is 0 Å².